The van der Waals surface area contributed by atoms with Crippen LogP contribution in [0.25, 0.3) is 21.7 Å². The van der Waals surface area contributed by atoms with E-state index in [0.717, 1.165) is 10.8 Å². The number of hydrogen-bond donors (Lipinski definition) is 3. The van der Waals surface area contributed by atoms with Crippen LogP contribution in [0.5, 0.6) is 5.75 Å². The third-order valence-corrected chi connectivity index (χ3v) is 5.31. The SMILES string of the molecule is Cc1nccc2c1c(=O)n(C)c1cc(OCC(C)CC(C)NC(=O)O)c(CO)cc21. The van der Waals surface area contributed by atoms with Crippen molar-refractivity contribution in [3.8, 4) is 5.75 Å². The van der Waals surface area contributed by atoms with Crippen LogP contribution in [0.1, 0.15) is 31.5 Å². The monoisotopic (exact) mass is 413 g/mol. The van der Waals surface area contributed by atoms with Crippen molar-refractivity contribution in [2.24, 2.45) is 13.0 Å². The van der Waals surface area contributed by atoms with Crippen LogP contribution in [0.4, 0.5) is 4.79 Å². The van der Waals surface area contributed by atoms with Crippen molar-refractivity contribution < 1.29 is 19.7 Å². The van der Waals surface area contributed by atoms with E-state index in [1.165, 1.54) is 0 Å². The fourth-order valence-electron chi connectivity index (χ4n) is 3.88. The molecular weight excluding hydrogens is 386 g/mol. The van der Waals surface area contributed by atoms with Gasteiger partial charge in [0.15, 0.2) is 0 Å². The summed E-state index contributed by atoms with van der Waals surface area (Å²) < 4.78 is 7.54. The summed E-state index contributed by atoms with van der Waals surface area (Å²) in [6.45, 7) is 5.73. The number of ether oxygens (including phenoxy) is 1. The van der Waals surface area contributed by atoms with Gasteiger partial charge >= 0.3 is 6.09 Å². The highest BCUT2D eigenvalue weighted by Crippen LogP contribution is 2.30. The number of rotatable bonds is 7. The number of aryl methyl sites for hydroxylation is 2. The van der Waals surface area contributed by atoms with E-state index in [-0.39, 0.29) is 24.1 Å². The third-order valence-electron chi connectivity index (χ3n) is 5.31. The molecule has 8 nitrogen and oxygen atoms in total. The van der Waals surface area contributed by atoms with Crippen molar-refractivity contribution in [2.75, 3.05) is 6.61 Å². The molecule has 0 bridgehead atoms. The lowest BCUT2D eigenvalue weighted by molar-refractivity contribution is 0.185. The molecule has 2 aromatic heterocycles. The molecule has 8 heteroatoms. The van der Waals surface area contributed by atoms with Gasteiger partial charge in [0, 0.05) is 36.3 Å². The average Bonchev–Trinajstić information content (AvgIpc) is 2.69. The predicted molar refractivity (Wildman–Crippen MR) is 115 cm³/mol. The summed E-state index contributed by atoms with van der Waals surface area (Å²) in [5.41, 5.74) is 1.87. The quantitative estimate of drug-likeness (QED) is 0.513. The number of carboxylic acid groups (broad SMARTS) is 1. The molecule has 3 aromatic rings. The van der Waals surface area contributed by atoms with Crippen LogP contribution in [-0.2, 0) is 13.7 Å². The van der Waals surface area contributed by atoms with Crippen molar-refractivity contribution in [1.82, 2.24) is 14.9 Å². The summed E-state index contributed by atoms with van der Waals surface area (Å²) >= 11 is 0. The number of aromatic nitrogens is 2. The minimum Gasteiger partial charge on any atom is -0.493 e. The maximum Gasteiger partial charge on any atom is 0.404 e. The topological polar surface area (TPSA) is 114 Å². The zero-order valence-electron chi connectivity index (χ0n) is 17.6. The molecular formula is C22H27N3O5. The number of fused-ring (bicyclic) bond motifs is 3. The number of nitrogens with one attached hydrogen (secondary N) is 1. The summed E-state index contributed by atoms with van der Waals surface area (Å²) in [5, 5.41) is 23.4. The summed E-state index contributed by atoms with van der Waals surface area (Å²) in [6.07, 6.45) is 1.24. The molecule has 0 saturated heterocycles. The summed E-state index contributed by atoms with van der Waals surface area (Å²) in [7, 11) is 1.71. The summed E-state index contributed by atoms with van der Waals surface area (Å²) in [5.74, 6) is 0.596. The lowest BCUT2D eigenvalue weighted by Gasteiger charge is -2.20. The first-order valence-corrected chi connectivity index (χ1v) is 9.87. The molecule has 160 valence electrons. The van der Waals surface area contributed by atoms with E-state index in [1.807, 2.05) is 26.0 Å². The molecule has 2 heterocycles. The van der Waals surface area contributed by atoms with E-state index in [9.17, 15) is 14.7 Å². The molecule has 0 aliphatic rings. The predicted octanol–water partition coefficient (Wildman–Crippen LogP) is 2.95. The fourth-order valence-corrected chi connectivity index (χ4v) is 3.88. The minimum absolute atomic E-state index is 0.0863. The van der Waals surface area contributed by atoms with Gasteiger partial charge in [0.2, 0.25) is 0 Å². The fraction of sp³-hybridized carbons (Fsp3) is 0.409. The molecule has 3 N–H and O–H groups in total. The van der Waals surface area contributed by atoms with Gasteiger partial charge in [0.05, 0.1) is 29.8 Å². The van der Waals surface area contributed by atoms with Gasteiger partial charge in [-0.05, 0) is 43.7 Å². The number of aliphatic hydroxyl groups is 1. The lowest BCUT2D eigenvalue weighted by Crippen LogP contribution is -2.33. The van der Waals surface area contributed by atoms with Crippen LogP contribution >= 0.6 is 0 Å². The Morgan fingerprint density at radius 1 is 1.30 bits per heavy atom. The van der Waals surface area contributed by atoms with E-state index in [2.05, 4.69) is 10.3 Å². The largest absolute Gasteiger partial charge is 0.493 e. The minimum atomic E-state index is -1.05. The second-order valence-electron chi connectivity index (χ2n) is 7.82. The van der Waals surface area contributed by atoms with Crippen LogP contribution in [-0.4, -0.2) is 38.5 Å². The average molecular weight is 413 g/mol. The number of carbonyl (C=O) groups is 1. The Balaban J connectivity index is 1.97. The van der Waals surface area contributed by atoms with Gasteiger partial charge in [-0.25, -0.2) is 4.79 Å². The number of benzene rings is 1. The number of pyridine rings is 2. The van der Waals surface area contributed by atoms with E-state index in [0.29, 0.717) is 40.9 Å². The van der Waals surface area contributed by atoms with Gasteiger partial charge in [0.25, 0.3) is 5.56 Å². The Bertz CT molecular complexity index is 1160. The zero-order valence-corrected chi connectivity index (χ0v) is 17.6. The zero-order chi connectivity index (χ0) is 22.0. The van der Waals surface area contributed by atoms with Crippen molar-refractivity contribution >= 4 is 27.8 Å². The van der Waals surface area contributed by atoms with Crippen molar-refractivity contribution in [3.05, 3.63) is 46.0 Å². The number of hydrogen-bond acceptors (Lipinski definition) is 5. The van der Waals surface area contributed by atoms with E-state index in [1.54, 1.807) is 30.8 Å². The summed E-state index contributed by atoms with van der Waals surface area (Å²) in [4.78, 5) is 27.9. The Morgan fingerprint density at radius 2 is 2.03 bits per heavy atom. The molecule has 0 aliphatic heterocycles. The van der Waals surface area contributed by atoms with Crippen LogP contribution < -0.4 is 15.6 Å². The molecule has 0 radical (unpaired) electrons. The van der Waals surface area contributed by atoms with Crippen molar-refractivity contribution in [1.29, 1.82) is 0 Å². The van der Waals surface area contributed by atoms with E-state index < -0.39 is 6.09 Å². The van der Waals surface area contributed by atoms with Gasteiger partial charge in [0.1, 0.15) is 5.75 Å². The number of nitrogens with zero attached hydrogens (tertiary/aromatic N) is 2. The molecule has 1 amide bonds. The van der Waals surface area contributed by atoms with Gasteiger partial charge in [-0.1, -0.05) is 6.92 Å². The van der Waals surface area contributed by atoms with Crippen molar-refractivity contribution in [3.63, 3.8) is 0 Å². The molecule has 3 rings (SSSR count). The second kappa shape index (κ2) is 8.71. The van der Waals surface area contributed by atoms with Gasteiger partial charge in [-0.15, -0.1) is 0 Å². The number of amides is 1. The normalized spacial score (nSPS) is 13.4. The molecule has 0 aliphatic carbocycles. The Morgan fingerprint density at radius 3 is 2.70 bits per heavy atom. The Hall–Kier alpha value is -3.13. The maximum atomic E-state index is 12.9. The van der Waals surface area contributed by atoms with Crippen LogP contribution in [0.15, 0.2) is 29.2 Å². The molecule has 2 unspecified atom stereocenters. The highest BCUT2D eigenvalue weighted by Gasteiger charge is 2.16. The molecule has 1 aromatic carbocycles. The van der Waals surface area contributed by atoms with Gasteiger partial charge < -0.3 is 24.8 Å². The van der Waals surface area contributed by atoms with Crippen LogP contribution in [0.3, 0.4) is 0 Å². The first-order valence-electron chi connectivity index (χ1n) is 9.87. The van der Waals surface area contributed by atoms with Crippen molar-refractivity contribution in [2.45, 2.75) is 39.8 Å². The maximum absolute atomic E-state index is 12.9. The Kier molecular flexibility index (Phi) is 6.26. The van der Waals surface area contributed by atoms with E-state index in [4.69, 9.17) is 9.84 Å². The van der Waals surface area contributed by atoms with Gasteiger partial charge in [-0.2, -0.15) is 0 Å². The lowest BCUT2D eigenvalue weighted by atomic mass is 10.0. The number of aliphatic hydroxyl groups excluding tert-OH is 1. The molecule has 0 fully saturated rings. The van der Waals surface area contributed by atoms with Crippen LogP contribution in [0, 0.1) is 12.8 Å². The smallest absolute Gasteiger partial charge is 0.404 e. The first kappa shape index (κ1) is 21.6. The molecule has 0 saturated carbocycles. The third kappa shape index (κ3) is 4.23. The molecule has 30 heavy (non-hydrogen) atoms. The molecule has 2 atom stereocenters. The van der Waals surface area contributed by atoms with Gasteiger partial charge in [-0.3, -0.25) is 9.78 Å². The second-order valence-corrected chi connectivity index (χ2v) is 7.82. The Labute approximate surface area is 174 Å². The van der Waals surface area contributed by atoms with E-state index >= 15 is 0 Å². The van der Waals surface area contributed by atoms with Crippen LogP contribution in [0.2, 0.25) is 0 Å². The summed E-state index contributed by atoms with van der Waals surface area (Å²) in [6, 6.07) is 5.25. The first-order chi connectivity index (χ1) is 14.2. The molecule has 0 spiro atoms. The highest BCUT2D eigenvalue weighted by atomic mass is 16.5. The standard InChI is InChI=1S/C22H27N3O5/c1-12(7-13(2)24-22(28)29)11-30-19-9-18-17(8-15(19)10-26)16-5-6-23-14(3)20(16)21(27)25(18)4/h5-6,8-9,12-13,24,26H,7,10-11H2,1-4H3,(H,28,29). The highest BCUT2D eigenvalue weighted by molar-refractivity contribution is 6.06.